The van der Waals surface area contributed by atoms with Crippen LogP contribution < -0.4 is 24.4 Å². The van der Waals surface area contributed by atoms with Gasteiger partial charge in [-0.05, 0) is 61.5 Å². The van der Waals surface area contributed by atoms with E-state index >= 15 is 0 Å². The quantitative estimate of drug-likeness (QED) is 0.245. The molecule has 0 radical (unpaired) electrons. The molecule has 3 heterocycles. The van der Waals surface area contributed by atoms with Gasteiger partial charge in [0.2, 0.25) is 0 Å². The summed E-state index contributed by atoms with van der Waals surface area (Å²) < 4.78 is 17.2. The minimum atomic E-state index is -0.177. The van der Waals surface area contributed by atoms with Crippen LogP contribution in [0.3, 0.4) is 0 Å². The zero-order valence-corrected chi connectivity index (χ0v) is 23.4. The number of rotatable bonds is 7. The fraction of sp³-hybridized carbons (Fsp3) is 0.219. The van der Waals surface area contributed by atoms with E-state index in [1.54, 1.807) is 18.2 Å². The number of pyridine rings is 1. The summed E-state index contributed by atoms with van der Waals surface area (Å²) in [6.07, 6.45) is 3.48. The third kappa shape index (κ3) is 5.32. The fourth-order valence-electron chi connectivity index (χ4n) is 5.21. The molecule has 10 heteroatoms. The molecule has 2 amide bonds. The number of hydrogen-bond acceptors (Lipinski definition) is 7. The number of amides is 2. The Morgan fingerprint density at radius 2 is 1.81 bits per heavy atom. The molecule has 0 atom stereocenters. The van der Waals surface area contributed by atoms with Crippen LogP contribution in [0.5, 0.6) is 23.0 Å². The first-order valence-corrected chi connectivity index (χ1v) is 13.8. The van der Waals surface area contributed by atoms with Gasteiger partial charge < -0.3 is 34.3 Å². The van der Waals surface area contributed by atoms with Crippen molar-refractivity contribution in [2.45, 2.75) is 6.92 Å². The largest absolute Gasteiger partial charge is 0.493 e. The molecule has 1 saturated heterocycles. The number of benzene rings is 3. The van der Waals surface area contributed by atoms with Gasteiger partial charge in [-0.2, -0.15) is 5.26 Å². The van der Waals surface area contributed by atoms with Crippen molar-refractivity contribution in [2.75, 3.05) is 50.1 Å². The Balaban J connectivity index is 1.11. The summed E-state index contributed by atoms with van der Waals surface area (Å²) in [6.45, 7) is 4.53. The predicted octanol–water partition coefficient (Wildman–Crippen LogP) is 6.14. The topological polar surface area (TPSA) is 116 Å². The molecule has 2 N–H and O–H groups in total. The van der Waals surface area contributed by atoms with Gasteiger partial charge in [0.25, 0.3) is 0 Å². The molecule has 0 saturated carbocycles. The van der Waals surface area contributed by atoms with E-state index in [2.05, 4.69) is 26.3 Å². The van der Waals surface area contributed by atoms with Crippen LogP contribution in [0.4, 0.5) is 16.2 Å². The van der Waals surface area contributed by atoms with Gasteiger partial charge in [0, 0.05) is 66.6 Å². The SMILES string of the molecule is CCOc1cc2ncc(C#N)c(N3CCN(C(=O)Nc4ccc(Oc5ccc6[nH]ccc6c5)cc4)CC3)c2cc1OC. The molecule has 2 aromatic heterocycles. The van der Waals surface area contributed by atoms with E-state index < -0.39 is 0 Å². The maximum absolute atomic E-state index is 13.1. The van der Waals surface area contributed by atoms with Gasteiger partial charge in [0.05, 0.1) is 30.5 Å². The van der Waals surface area contributed by atoms with E-state index in [1.165, 1.54) is 0 Å². The van der Waals surface area contributed by atoms with Gasteiger partial charge in [0.1, 0.15) is 17.6 Å². The summed E-state index contributed by atoms with van der Waals surface area (Å²) in [5.74, 6) is 2.61. The lowest BCUT2D eigenvalue weighted by molar-refractivity contribution is 0.208. The number of hydrogen-bond donors (Lipinski definition) is 2. The lowest BCUT2D eigenvalue weighted by Crippen LogP contribution is -2.50. The molecule has 1 aliphatic heterocycles. The van der Waals surface area contributed by atoms with Crippen molar-refractivity contribution in [3.63, 3.8) is 0 Å². The van der Waals surface area contributed by atoms with Crippen molar-refractivity contribution < 1.29 is 19.0 Å². The zero-order valence-electron chi connectivity index (χ0n) is 23.4. The smallest absolute Gasteiger partial charge is 0.321 e. The lowest BCUT2D eigenvalue weighted by Gasteiger charge is -2.36. The van der Waals surface area contributed by atoms with Crippen LogP contribution in [0.1, 0.15) is 12.5 Å². The number of nitrogens with one attached hydrogen (secondary N) is 2. The van der Waals surface area contributed by atoms with Crippen LogP contribution in [-0.4, -0.2) is 60.8 Å². The van der Waals surface area contributed by atoms with Crippen molar-refractivity contribution in [3.05, 3.63) is 78.6 Å². The molecule has 10 nitrogen and oxygen atoms in total. The monoisotopic (exact) mass is 562 g/mol. The number of nitrogens with zero attached hydrogens (tertiary/aromatic N) is 4. The summed E-state index contributed by atoms with van der Waals surface area (Å²) in [4.78, 5) is 24.6. The maximum Gasteiger partial charge on any atom is 0.321 e. The number of carbonyl (C=O) groups is 1. The van der Waals surface area contributed by atoms with Crippen LogP contribution >= 0.6 is 0 Å². The molecule has 0 aliphatic carbocycles. The van der Waals surface area contributed by atoms with Crippen LogP contribution in [0.2, 0.25) is 0 Å². The first-order chi connectivity index (χ1) is 20.6. The number of ether oxygens (including phenoxy) is 3. The number of carbonyl (C=O) groups excluding carboxylic acids is 1. The number of anilines is 2. The molecule has 0 spiro atoms. The van der Waals surface area contributed by atoms with Crippen LogP contribution in [0.15, 0.2) is 73.1 Å². The summed E-state index contributed by atoms with van der Waals surface area (Å²) in [7, 11) is 1.59. The number of piperazine rings is 1. The zero-order chi connectivity index (χ0) is 29.1. The van der Waals surface area contributed by atoms with Gasteiger partial charge in [0.15, 0.2) is 11.5 Å². The Morgan fingerprint density at radius 3 is 2.55 bits per heavy atom. The first kappa shape index (κ1) is 26.8. The molecular weight excluding hydrogens is 532 g/mol. The van der Waals surface area contributed by atoms with E-state index in [9.17, 15) is 10.1 Å². The Morgan fingerprint density at radius 1 is 1.02 bits per heavy atom. The van der Waals surface area contributed by atoms with E-state index in [1.807, 2.05) is 73.8 Å². The molecule has 3 aromatic carbocycles. The molecular formula is C32H30N6O4. The number of urea groups is 1. The van der Waals surface area contributed by atoms with Gasteiger partial charge in [-0.1, -0.05) is 0 Å². The van der Waals surface area contributed by atoms with Crippen molar-refractivity contribution in [3.8, 4) is 29.1 Å². The Hall–Kier alpha value is -5.43. The molecule has 1 fully saturated rings. The molecule has 1 aliphatic rings. The molecule has 212 valence electrons. The average molecular weight is 563 g/mol. The third-order valence-electron chi connectivity index (χ3n) is 7.29. The van der Waals surface area contributed by atoms with Crippen molar-refractivity contribution >= 4 is 39.2 Å². The maximum atomic E-state index is 13.1. The highest BCUT2D eigenvalue weighted by molar-refractivity contribution is 5.97. The molecule has 6 rings (SSSR count). The molecule has 42 heavy (non-hydrogen) atoms. The van der Waals surface area contributed by atoms with Gasteiger partial charge in [-0.15, -0.1) is 0 Å². The second-order valence-corrected chi connectivity index (χ2v) is 9.84. The van der Waals surface area contributed by atoms with E-state index in [0.29, 0.717) is 66.8 Å². The lowest BCUT2D eigenvalue weighted by atomic mass is 10.1. The van der Waals surface area contributed by atoms with Crippen LogP contribution in [0, 0.1) is 11.3 Å². The van der Waals surface area contributed by atoms with Crippen molar-refractivity contribution in [2.24, 2.45) is 0 Å². The molecule has 0 unspecified atom stereocenters. The van der Waals surface area contributed by atoms with Crippen LogP contribution in [-0.2, 0) is 0 Å². The Bertz CT molecular complexity index is 1790. The van der Waals surface area contributed by atoms with E-state index in [0.717, 1.165) is 27.7 Å². The first-order valence-electron chi connectivity index (χ1n) is 13.8. The Kier molecular flexibility index (Phi) is 7.39. The van der Waals surface area contributed by atoms with Gasteiger partial charge in [-0.3, -0.25) is 4.98 Å². The van der Waals surface area contributed by atoms with Gasteiger partial charge >= 0.3 is 6.03 Å². The third-order valence-corrected chi connectivity index (χ3v) is 7.29. The highest BCUT2D eigenvalue weighted by atomic mass is 16.5. The fourth-order valence-corrected chi connectivity index (χ4v) is 5.21. The summed E-state index contributed by atoms with van der Waals surface area (Å²) >= 11 is 0. The van der Waals surface area contributed by atoms with Crippen LogP contribution in [0.25, 0.3) is 21.8 Å². The second kappa shape index (κ2) is 11.6. The summed E-state index contributed by atoms with van der Waals surface area (Å²) in [6, 6.07) is 21.0. The average Bonchev–Trinajstić information content (AvgIpc) is 3.49. The number of H-pyrrole nitrogens is 1. The minimum absolute atomic E-state index is 0.177. The highest BCUT2D eigenvalue weighted by Crippen LogP contribution is 2.38. The number of aromatic amines is 1. The summed E-state index contributed by atoms with van der Waals surface area (Å²) in [5, 5.41) is 14.7. The molecule has 0 bridgehead atoms. The standard InChI is InChI=1S/C32H30N6O4/c1-3-41-30-18-28-26(17-29(30)40-2)31(22(19-33)20-35-28)37-12-14-38(15-13-37)32(39)36-23-4-6-24(7-5-23)42-25-8-9-27-21(16-25)10-11-34-27/h4-11,16-18,20,34H,3,12-15H2,1-2H3,(H,36,39). The molecule has 5 aromatic rings. The summed E-state index contributed by atoms with van der Waals surface area (Å²) in [5.41, 5.74) is 3.71. The minimum Gasteiger partial charge on any atom is -0.493 e. The second-order valence-electron chi connectivity index (χ2n) is 9.84. The number of aromatic nitrogens is 2. The number of methoxy groups -OCH3 is 1. The van der Waals surface area contributed by atoms with E-state index in [-0.39, 0.29) is 6.03 Å². The van der Waals surface area contributed by atoms with Gasteiger partial charge in [-0.25, -0.2) is 4.79 Å². The highest BCUT2D eigenvalue weighted by Gasteiger charge is 2.25. The van der Waals surface area contributed by atoms with Crippen molar-refractivity contribution in [1.29, 1.82) is 5.26 Å². The van der Waals surface area contributed by atoms with E-state index in [4.69, 9.17) is 14.2 Å². The van der Waals surface area contributed by atoms with Crippen molar-refractivity contribution in [1.82, 2.24) is 14.9 Å². The Labute approximate surface area is 243 Å². The number of nitriles is 1. The normalized spacial score (nSPS) is 13.2. The predicted molar refractivity (Wildman–Crippen MR) is 162 cm³/mol. The number of fused-ring (bicyclic) bond motifs is 2.